The number of hydrogen-bond acceptors (Lipinski definition) is 4. The van der Waals surface area contributed by atoms with Crippen LogP contribution in [0.3, 0.4) is 0 Å². The summed E-state index contributed by atoms with van der Waals surface area (Å²) in [6.45, 7) is 7.41. The fraction of sp³-hybridized carbons (Fsp3) is 0.667. The molecule has 1 aliphatic heterocycles. The zero-order chi connectivity index (χ0) is 19.8. The number of quaternary nitrogens is 1. The second-order valence-corrected chi connectivity index (χ2v) is 8.81. The van der Waals surface area contributed by atoms with Gasteiger partial charge >= 0.3 is 0 Å². The lowest BCUT2D eigenvalue weighted by Gasteiger charge is -2.41. The van der Waals surface area contributed by atoms with Crippen LogP contribution >= 0.6 is 0 Å². The minimum absolute atomic E-state index is 0.0243. The minimum Gasteiger partial charge on any atom is -0.370 e. The molecule has 2 N–H and O–H groups in total. The standard InChI is InChI=1S/C18H29N3O5S/c1-17-4-7-20(8-5-17)16-18(22)19-6-2-9-21(11-13-26-14-12-21)10-3-15-27(23,24)25/h4-5,7-8H,2-3,6,9-16H2,1H3/p+2. The highest BCUT2D eigenvalue weighted by molar-refractivity contribution is 7.85. The molecule has 1 aromatic rings. The molecule has 0 spiro atoms. The van der Waals surface area contributed by atoms with Gasteiger partial charge in [0.05, 0.1) is 32.1 Å². The molecule has 0 saturated carbocycles. The van der Waals surface area contributed by atoms with Crippen molar-refractivity contribution in [3.05, 3.63) is 30.1 Å². The number of carbonyl (C=O) groups is 1. The number of morpholine rings is 1. The van der Waals surface area contributed by atoms with E-state index in [2.05, 4.69) is 5.32 Å². The van der Waals surface area contributed by atoms with Crippen molar-refractivity contribution in [2.24, 2.45) is 0 Å². The number of carbonyl (C=O) groups excluding carboxylic acids is 1. The Morgan fingerprint density at radius 3 is 2.48 bits per heavy atom. The first kappa shape index (κ1) is 21.7. The SMILES string of the molecule is Cc1cc[n+](CC(=O)NCCC[N+]2(CCCS(=O)(=O)O)CCOCC2)cc1. The molecule has 1 amide bonds. The number of nitrogens with one attached hydrogen (secondary N) is 1. The predicted octanol–water partition coefficient (Wildman–Crippen LogP) is -0.0863. The Labute approximate surface area is 161 Å². The van der Waals surface area contributed by atoms with E-state index in [1.807, 2.05) is 36.0 Å². The topological polar surface area (TPSA) is 96.6 Å². The molecule has 0 atom stereocenters. The van der Waals surface area contributed by atoms with E-state index in [4.69, 9.17) is 9.29 Å². The first-order valence-corrected chi connectivity index (χ1v) is 11.0. The summed E-state index contributed by atoms with van der Waals surface area (Å²) in [5.74, 6) is -0.234. The third-order valence-corrected chi connectivity index (χ3v) is 5.77. The van der Waals surface area contributed by atoms with Crippen LogP contribution in [0.5, 0.6) is 0 Å². The van der Waals surface area contributed by atoms with Gasteiger partial charge in [0.25, 0.3) is 16.0 Å². The minimum atomic E-state index is -3.92. The molecule has 0 unspecified atom stereocenters. The fourth-order valence-corrected chi connectivity index (χ4v) is 3.87. The van der Waals surface area contributed by atoms with Gasteiger partial charge in [-0.25, -0.2) is 0 Å². The molecule has 1 saturated heterocycles. The number of rotatable bonds is 10. The van der Waals surface area contributed by atoms with Gasteiger partial charge in [0.15, 0.2) is 12.4 Å². The maximum absolute atomic E-state index is 12.1. The van der Waals surface area contributed by atoms with Crippen molar-refractivity contribution in [3.8, 4) is 0 Å². The zero-order valence-corrected chi connectivity index (χ0v) is 16.8. The molecular formula is C18H31N3O5S+2. The Kier molecular flexibility index (Phi) is 8.15. The van der Waals surface area contributed by atoms with Crippen LogP contribution in [0.2, 0.25) is 0 Å². The molecule has 0 aliphatic carbocycles. The van der Waals surface area contributed by atoms with Gasteiger partial charge in [0.2, 0.25) is 6.54 Å². The lowest BCUT2D eigenvalue weighted by Crippen LogP contribution is -2.56. The second-order valence-electron chi connectivity index (χ2n) is 7.24. The number of pyridine rings is 1. The molecule has 9 heteroatoms. The molecule has 0 aromatic carbocycles. The smallest absolute Gasteiger partial charge is 0.285 e. The Hall–Kier alpha value is -1.55. The summed E-state index contributed by atoms with van der Waals surface area (Å²) in [5.41, 5.74) is 1.15. The van der Waals surface area contributed by atoms with Gasteiger partial charge in [-0.15, -0.1) is 0 Å². The molecule has 1 aromatic heterocycles. The van der Waals surface area contributed by atoms with Gasteiger partial charge < -0.3 is 14.5 Å². The second kappa shape index (κ2) is 10.1. The van der Waals surface area contributed by atoms with Crippen molar-refractivity contribution in [1.82, 2.24) is 5.32 Å². The number of ether oxygens (including phenoxy) is 1. The highest BCUT2D eigenvalue weighted by atomic mass is 32.2. The molecule has 8 nitrogen and oxygen atoms in total. The fourth-order valence-electron chi connectivity index (χ4n) is 3.37. The Balaban J connectivity index is 1.74. The van der Waals surface area contributed by atoms with E-state index in [-0.39, 0.29) is 11.7 Å². The maximum atomic E-state index is 12.1. The summed E-state index contributed by atoms with van der Waals surface area (Å²) in [7, 11) is -3.92. The largest absolute Gasteiger partial charge is 0.370 e. The van der Waals surface area contributed by atoms with E-state index >= 15 is 0 Å². The van der Waals surface area contributed by atoms with E-state index in [1.54, 1.807) is 0 Å². The van der Waals surface area contributed by atoms with Crippen molar-refractivity contribution in [2.75, 3.05) is 51.7 Å². The van der Waals surface area contributed by atoms with E-state index in [1.165, 1.54) is 0 Å². The number of amides is 1. The molecule has 2 rings (SSSR count). The van der Waals surface area contributed by atoms with Crippen LogP contribution in [0.4, 0.5) is 0 Å². The lowest BCUT2D eigenvalue weighted by molar-refractivity contribution is -0.935. The summed E-state index contributed by atoms with van der Waals surface area (Å²) in [4.78, 5) is 12.1. The molecule has 2 heterocycles. The average Bonchev–Trinajstić information content (AvgIpc) is 2.61. The average molecular weight is 402 g/mol. The van der Waals surface area contributed by atoms with Crippen LogP contribution in [0.1, 0.15) is 18.4 Å². The number of aromatic nitrogens is 1. The monoisotopic (exact) mass is 401 g/mol. The quantitative estimate of drug-likeness (QED) is 0.247. The Bertz CT molecular complexity index is 700. The molecular weight excluding hydrogens is 370 g/mol. The van der Waals surface area contributed by atoms with Crippen molar-refractivity contribution in [2.45, 2.75) is 26.3 Å². The molecule has 0 radical (unpaired) electrons. The van der Waals surface area contributed by atoms with Crippen molar-refractivity contribution in [1.29, 1.82) is 0 Å². The summed E-state index contributed by atoms with van der Waals surface area (Å²) in [5, 5.41) is 2.95. The highest BCUT2D eigenvalue weighted by Crippen LogP contribution is 2.14. The molecule has 27 heavy (non-hydrogen) atoms. The Morgan fingerprint density at radius 1 is 1.22 bits per heavy atom. The van der Waals surface area contributed by atoms with Crippen LogP contribution in [-0.2, 0) is 26.2 Å². The molecule has 1 aliphatic rings. The van der Waals surface area contributed by atoms with Crippen LogP contribution in [0, 0.1) is 6.92 Å². The summed E-state index contributed by atoms with van der Waals surface area (Å²) in [6, 6.07) is 3.93. The van der Waals surface area contributed by atoms with Crippen molar-refractivity contribution < 1.29 is 31.6 Å². The zero-order valence-electron chi connectivity index (χ0n) is 16.0. The van der Waals surface area contributed by atoms with E-state index in [9.17, 15) is 13.2 Å². The highest BCUT2D eigenvalue weighted by Gasteiger charge is 2.30. The Morgan fingerprint density at radius 2 is 1.85 bits per heavy atom. The predicted molar refractivity (Wildman–Crippen MR) is 101 cm³/mol. The first-order valence-electron chi connectivity index (χ1n) is 9.38. The van der Waals surface area contributed by atoms with Crippen LogP contribution < -0.4 is 9.88 Å². The number of nitrogens with zero attached hydrogens (tertiary/aromatic N) is 2. The molecule has 1 fully saturated rings. The molecule has 0 bridgehead atoms. The van der Waals surface area contributed by atoms with Gasteiger partial charge in [-0.05, 0) is 12.5 Å². The molecule has 152 valence electrons. The van der Waals surface area contributed by atoms with Gasteiger partial charge in [-0.2, -0.15) is 13.0 Å². The normalized spacial score (nSPS) is 16.8. The third kappa shape index (κ3) is 8.34. The van der Waals surface area contributed by atoms with Gasteiger partial charge in [-0.1, -0.05) is 0 Å². The van der Waals surface area contributed by atoms with E-state index < -0.39 is 10.1 Å². The summed E-state index contributed by atoms with van der Waals surface area (Å²) >= 11 is 0. The van der Waals surface area contributed by atoms with Crippen molar-refractivity contribution >= 4 is 16.0 Å². The number of aryl methyl sites for hydroxylation is 1. The third-order valence-electron chi connectivity index (χ3n) is 4.97. The van der Waals surface area contributed by atoms with Crippen LogP contribution in [-0.4, -0.2) is 75.1 Å². The van der Waals surface area contributed by atoms with Gasteiger partial charge in [0, 0.05) is 31.5 Å². The number of hydrogen-bond donors (Lipinski definition) is 2. The van der Waals surface area contributed by atoms with Crippen LogP contribution in [0.25, 0.3) is 0 Å². The summed E-state index contributed by atoms with van der Waals surface area (Å²) in [6.07, 6.45) is 5.02. The first-order chi connectivity index (χ1) is 12.8. The van der Waals surface area contributed by atoms with Gasteiger partial charge in [-0.3, -0.25) is 9.35 Å². The summed E-state index contributed by atoms with van der Waals surface area (Å²) < 4.78 is 38.9. The van der Waals surface area contributed by atoms with Crippen molar-refractivity contribution in [3.63, 3.8) is 0 Å². The maximum Gasteiger partial charge on any atom is 0.285 e. The van der Waals surface area contributed by atoms with E-state index in [0.717, 1.165) is 36.1 Å². The van der Waals surface area contributed by atoms with Crippen LogP contribution in [0.15, 0.2) is 24.5 Å². The van der Waals surface area contributed by atoms with Gasteiger partial charge in [0.1, 0.15) is 13.1 Å². The van der Waals surface area contributed by atoms with E-state index in [0.29, 0.717) is 39.3 Å². The lowest BCUT2D eigenvalue weighted by atomic mass is 10.2.